The molecule has 5 rings (SSSR count). The summed E-state index contributed by atoms with van der Waals surface area (Å²) in [5.74, 6) is -0.568. The summed E-state index contributed by atoms with van der Waals surface area (Å²) in [6.07, 6.45) is 0.753. The van der Waals surface area contributed by atoms with Crippen LogP contribution in [0.1, 0.15) is 16.1 Å². The van der Waals surface area contributed by atoms with Crippen molar-refractivity contribution in [2.45, 2.75) is 19.5 Å². The Balaban J connectivity index is 1.48. The molecule has 31 heavy (non-hydrogen) atoms. The molecule has 1 saturated heterocycles. The van der Waals surface area contributed by atoms with Crippen LogP contribution in [0.2, 0.25) is 0 Å². The van der Waals surface area contributed by atoms with E-state index in [4.69, 9.17) is 14.5 Å². The molecule has 2 aromatic heterocycles. The number of fused-ring (bicyclic) bond motifs is 1. The van der Waals surface area contributed by atoms with Gasteiger partial charge >= 0.3 is 0 Å². The van der Waals surface area contributed by atoms with E-state index < -0.39 is 11.6 Å². The topological polar surface area (TPSA) is 50.7 Å². The molecule has 4 heterocycles. The first-order valence-corrected chi connectivity index (χ1v) is 11.1. The van der Waals surface area contributed by atoms with Gasteiger partial charge in [-0.1, -0.05) is 6.07 Å². The fraction of sp³-hybridized carbons (Fsp3) is 0.364. The summed E-state index contributed by atoms with van der Waals surface area (Å²) in [5, 5.41) is 2.07. The van der Waals surface area contributed by atoms with Crippen molar-refractivity contribution in [1.82, 2.24) is 14.9 Å². The van der Waals surface area contributed by atoms with Crippen molar-refractivity contribution >= 4 is 17.3 Å². The second-order valence-electron chi connectivity index (χ2n) is 7.57. The van der Waals surface area contributed by atoms with E-state index in [0.29, 0.717) is 44.7 Å². The molecule has 0 saturated carbocycles. The number of aromatic nitrogens is 2. The Hall–Kier alpha value is -2.62. The fourth-order valence-electron chi connectivity index (χ4n) is 3.84. The van der Waals surface area contributed by atoms with Crippen LogP contribution in [0.5, 0.6) is 11.6 Å². The molecule has 0 spiro atoms. The number of nitrogens with zero attached hydrogens (tertiary/aromatic N) is 4. The first kappa shape index (κ1) is 20.3. The second kappa shape index (κ2) is 8.86. The van der Waals surface area contributed by atoms with E-state index in [1.54, 1.807) is 11.3 Å². The monoisotopic (exact) mass is 444 g/mol. The minimum absolute atomic E-state index is 0.0504. The maximum atomic E-state index is 14.3. The summed E-state index contributed by atoms with van der Waals surface area (Å²) in [6.45, 7) is 4.90. The Morgan fingerprint density at radius 2 is 1.97 bits per heavy atom. The molecule has 0 radical (unpaired) electrons. The van der Waals surface area contributed by atoms with Crippen LogP contribution >= 0.6 is 11.3 Å². The molecule has 1 fully saturated rings. The number of rotatable bonds is 5. The molecule has 0 aliphatic carbocycles. The highest BCUT2D eigenvalue weighted by atomic mass is 32.1. The maximum absolute atomic E-state index is 14.3. The molecular formula is C22H22F2N4O2S. The van der Waals surface area contributed by atoms with Crippen molar-refractivity contribution in [3.05, 3.63) is 63.5 Å². The summed E-state index contributed by atoms with van der Waals surface area (Å²) in [7, 11) is 0. The largest absolute Gasteiger partial charge is 0.435 e. The smallest absolute Gasteiger partial charge is 0.229 e. The first-order valence-electron chi connectivity index (χ1n) is 10.3. The standard InChI is InChI=1S/C22H22F2N4O2S/c23-15-3-4-20(18(24)12-15)30-21-17-14-27(13-16-2-1-11-31-16)6-5-19(17)25-22(26-21)28-7-9-29-10-8-28/h1-4,11-12H,5-10,13-14H2. The molecular weight excluding hydrogens is 422 g/mol. The van der Waals surface area contributed by atoms with Gasteiger partial charge in [0.25, 0.3) is 0 Å². The highest BCUT2D eigenvalue weighted by molar-refractivity contribution is 7.09. The van der Waals surface area contributed by atoms with Crippen LogP contribution < -0.4 is 9.64 Å². The van der Waals surface area contributed by atoms with Gasteiger partial charge in [0.1, 0.15) is 5.82 Å². The number of hydrogen-bond donors (Lipinski definition) is 0. The average Bonchev–Trinajstić information content (AvgIpc) is 3.29. The minimum atomic E-state index is -0.758. The van der Waals surface area contributed by atoms with Crippen LogP contribution in [0.3, 0.4) is 0 Å². The number of ether oxygens (including phenoxy) is 2. The van der Waals surface area contributed by atoms with Crippen LogP contribution in [0, 0.1) is 11.6 Å². The van der Waals surface area contributed by atoms with E-state index in [2.05, 4.69) is 26.2 Å². The zero-order valence-corrected chi connectivity index (χ0v) is 17.7. The maximum Gasteiger partial charge on any atom is 0.229 e. The normalized spacial score (nSPS) is 16.9. The summed E-state index contributed by atoms with van der Waals surface area (Å²) in [6, 6.07) is 7.44. The third-order valence-electron chi connectivity index (χ3n) is 5.44. The van der Waals surface area contributed by atoms with Crippen molar-refractivity contribution in [2.75, 3.05) is 37.7 Å². The predicted octanol–water partition coefficient (Wildman–Crippen LogP) is 4.00. The lowest BCUT2D eigenvalue weighted by Crippen LogP contribution is -2.38. The summed E-state index contributed by atoms with van der Waals surface area (Å²) in [4.78, 5) is 15.1. The summed E-state index contributed by atoms with van der Waals surface area (Å²) < 4.78 is 39.0. The van der Waals surface area contributed by atoms with Crippen LogP contribution in [0.25, 0.3) is 0 Å². The molecule has 0 amide bonds. The number of halogens is 2. The van der Waals surface area contributed by atoms with Gasteiger partial charge in [0.15, 0.2) is 11.6 Å². The van der Waals surface area contributed by atoms with Crippen LogP contribution in [-0.2, 0) is 24.2 Å². The van der Waals surface area contributed by atoms with Crippen molar-refractivity contribution in [1.29, 1.82) is 0 Å². The lowest BCUT2D eigenvalue weighted by Gasteiger charge is -2.31. The highest BCUT2D eigenvalue weighted by Crippen LogP contribution is 2.33. The molecule has 0 atom stereocenters. The molecule has 6 nitrogen and oxygen atoms in total. The number of thiophene rings is 1. The van der Waals surface area contributed by atoms with Gasteiger partial charge < -0.3 is 14.4 Å². The Morgan fingerprint density at radius 3 is 2.74 bits per heavy atom. The van der Waals surface area contributed by atoms with Gasteiger partial charge in [0.2, 0.25) is 11.8 Å². The van der Waals surface area contributed by atoms with Crippen molar-refractivity contribution in [3.8, 4) is 11.6 Å². The van der Waals surface area contributed by atoms with Crippen LogP contribution in [0.15, 0.2) is 35.7 Å². The van der Waals surface area contributed by atoms with Gasteiger partial charge in [-0.15, -0.1) is 11.3 Å². The average molecular weight is 445 g/mol. The number of anilines is 1. The molecule has 0 N–H and O–H groups in total. The van der Waals surface area contributed by atoms with Gasteiger partial charge in [-0.05, 0) is 23.6 Å². The Kier molecular flexibility index (Phi) is 5.80. The molecule has 0 unspecified atom stereocenters. The van der Waals surface area contributed by atoms with E-state index in [0.717, 1.165) is 36.8 Å². The Morgan fingerprint density at radius 1 is 1.10 bits per heavy atom. The molecule has 1 aromatic carbocycles. The summed E-state index contributed by atoms with van der Waals surface area (Å²) in [5.41, 5.74) is 1.76. The van der Waals surface area contributed by atoms with E-state index >= 15 is 0 Å². The fourth-order valence-corrected chi connectivity index (χ4v) is 4.58. The van der Waals surface area contributed by atoms with E-state index in [1.165, 1.54) is 17.0 Å². The molecule has 2 aliphatic heterocycles. The molecule has 2 aliphatic rings. The number of morpholine rings is 1. The number of benzene rings is 1. The first-order chi connectivity index (χ1) is 15.2. The van der Waals surface area contributed by atoms with Crippen LogP contribution in [0.4, 0.5) is 14.7 Å². The van der Waals surface area contributed by atoms with Crippen molar-refractivity contribution in [2.24, 2.45) is 0 Å². The summed E-state index contributed by atoms with van der Waals surface area (Å²) >= 11 is 1.72. The lowest BCUT2D eigenvalue weighted by molar-refractivity contribution is 0.122. The van der Waals surface area contributed by atoms with Gasteiger partial charge in [-0.3, -0.25) is 4.90 Å². The minimum Gasteiger partial charge on any atom is -0.435 e. The van der Waals surface area contributed by atoms with Gasteiger partial charge in [-0.2, -0.15) is 4.98 Å². The highest BCUT2D eigenvalue weighted by Gasteiger charge is 2.26. The zero-order valence-electron chi connectivity index (χ0n) is 16.9. The number of hydrogen-bond acceptors (Lipinski definition) is 7. The van der Waals surface area contributed by atoms with Gasteiger partial charge in [0, 0.05) is 50.1 Å². The van der Waals surface area contributed by atoms with Crippen molar-refractivity contribution in [3.63, 3.8) is 0 Å². The Labute approximate surface area is 183 Å². The van der Waals surface area contributed by atoms with E-state index in [9.17, 15) is 8.78 Å². The van der Waals surface area contributed by atoms with Crippen molar-refractivity contribution < 1.29 is 18.3 Å². The van der Waals surface area contributed by atoms with E-state index in [-0.39, 0.29) is 5.75 Å². The SMILES string of the molecule is Fc1ccc(Oc2nc(N3CCOCC3)nc3c2CN(Cc2cccs2)CC3)c(F)c1. The lowest BCUT2D eigenvalue weighted by atomic mass is 10.1. The second-order valence-corrected chi connectivity index (χ2v) is 8.60. The molecule has 0 bridgehead atoms. The Bertz CT molecular complexity index is 1060. The third kappa shape index (κ3) is 4.53. The van der Waals surface area contributed by atoms with Crippen LogP contribution in [-0.4, -0.2) is 47.7 Å². The molecule has 9 heteroatoms. The zero-order chi connectivity index (χ0) is 21.2. The van der Waals surface area contributed by atoms with Gasteiger partial charge in [-0.25, -0.2) is 13.8 Å². The van der Waals surface area contributed by atoms with Gasteiger partial charge in [0.05, 0.1) is 24.5 Å². The van der Waals surface area contributed by atoms with E-state index in [1.807, 2.05) is 6.07 Å². The quantitative estimate of drug-likeness (QED) is 0.593. The molecule has 3 aromatic rings. The third-order valence-corrected chi connectivity index (χ3v) is 6.30. The predicted molar refractivity (Wildman–Crippen MR) is 114 cm³/mol. The molecule has 162 valence electrons.